The van der Waals surface area contributed by atoms with Gasteiger partial charge in [0, 0.05) is 0 Å². The van der Waals surface area contributed by atoms with Crippen LogP contribution >= 0.6 is 0 Å². The van der Waals surface area contributed by atoms with Crippen molar-refractivity contribution < 1.29 is 5.11 Å². The third kappa shape index (κ3) is 3.51. The summed E-state index contributed by atoms with van der Waals surface area (Å²) < 4.78 is 0. The second-order valence-electron chi connectivity index (χ2n) is 4.74. The third-order valence-corrected chi connectivity index (χ3v) is 2.50. The van der Waals surface area contributed by atoms with Gasteiger partial charge in [-0.05, 0) is 51.7 Å². The molecule has 0 saturated carbocycles. The fourth-order valence-corrected chi connectivity index (χ4v) is 1.57. The van der Waals surface area contributed by atoms with Crippen LogP contribution in [0.4, 0.5) is 0 Å². The smallest absolute Gasteiger partial charge is 0.0594 e. The van der Waals surface area contributed by atoms with Crippen LogP contribution in [0.5, 0.6) is 0 Å². The summed E-state index contributed by atoms with van der Waals surface area (Å²) in [6.07, 6.45) is 1.77. The lowest BCUT2D eigenvalue weighted by molar-refractivity contribution is 0.0714. The van der Waals surface area contributed by atoms with Gasteiger partial charge in [-0.3, -0.25) is 0 Å². The molecule has 1 aromatic rings. The molecule has 1 N–H and O–H groups in total. The van der Waals surface area contributed by atoms with Crippen LogP contribution < -0.4 is 0 Å². The average molecular weight is 192 g/mol. The normalized spacial score (nSPS) is 11.8. The molecule has 0 bridgehead atoms. The van der Waals surface area contributed by atoms with Gasteiger partial charge in [-0.25, -0.2) is 0 Å². The third-order valence-electron chi connectivity index (χ3n) is 2.50. The largest absolute Gasteiger partial charge is 0.390 e. The van der Waals surface area contributed by atoms with Crippen molar-refractivity contribution in [2.24, 2.45) is 0 Å². The summed E-state index contributed by atoms with van der Waals surface area (Å²) in [5.74, 6) is 0. The molecule has 0 amide bonds. The van der Waals surface area contributed by atoms with E-state index in [1.54, 1.807) is 0 Å². The molecule has 0 aliphatic heterocycles. The van der Waals surface area contributed by atoms with Crippen LogP contribution in [0, 0.1) is 13.8 Å². The highest BCUT2D eigenvalue weighted by molar-refractivity contribution is 5.30. The molecular weight excluding hydrogens is 172 g/mol. The highest BCUT2D eigenvalue weighted by atomic mass is 16.3. The van der Waals surface area contributed by atoms with Gasteiger partial charge in [0.1, 0.15) is 0 Å². The zero-order valence-electron chi connectivity index (χ0n) is 9.59. The standard InChI is InChI=1S/C13H20O/c1-10-5-6-12(11(2)9-10)7-8-13(3,4)14/h5-6,9,14H,7-8H2,1-4H3. The van der Waals surface area contributed by atoms with Crippen LogP contribution in [-0.4, -0.2) is 10.7 Å². The number of hydrogen-bond donors (Lipinski definition) is 1. The number of aliphatic hydroxyl groups is 1. The number of benzene rings is 1. The molecule has 0 radical (unpaired) electrons. The van der Waals surface area contributed by atoms with Crippen LogP contribution in [0.25, 0.3) is 0 Å². The zero-order chi connectivity index (χ0) is 10.8. The first kappa shape index (κ1) is 11.3. The maximum Gasteiger partial charge on any atom is 0.0594 e. The first-order valence-electron chi connectivity index (χ1n) is 5.17. The molecule has 14 heavy (non-hydrogen) atoms. The van der Waals surface area contributed by atoms with Crippen molar-refractivity contribution in [1.29, 1.82) is 0 Å². The van der Waals surface area contributed by atoms with Crippen LogP contribution in [0.3, 0.4) is 0 Å². The molecule has 1 aromatic carbocycles. The molecule has 0 atom stereocenters. The Morgan fingerprint density at radius 3 is 2.36 bits per heavy atom. The van der Waals surface area contributed by atoms with Gasteiger partial charge in [0.15, 0.2) is 0 Å². The monoisotopic (exact) mass is 192 g/mol. The van der Waals surface area contributed by atoms with E-state index in [1.807, 2.05) is 13.8 Å². The minimum absolute atomic E-state index is 0.558. The first-order chi connectivity index (χ1) is 6.38. The van der Waals surface area contributed by atoms with Crippen molar-refractivity contribution in [1.82, 2.24) is 0 Å². The van der Waals surface area contributed by atoms with Crippen molar-refractivity contribution in [2.75, 3.05) is 0 Å². The van der Waals surface area contributed by atoms with Gasteiger partial charge in [-0.15, -0.1) is 0 Å². The number of rotatable bonds is 3. The molecule has 0 heterocycles. The van der Waals surface area contributed by atoms with Crippen molar-refractivity contribution >= 4 is 0 Å². The van der Waals surface area contributed by atoms with Gasteiger partial charge in [0.2, 0.25) is 0 Å². The topological polar surface area (TPSA) is 20.2 Å². The minimum atomic E-state index is -0.558. The lowest BCUT2D eigenvalue weighted by atomic mass is 9.95. The van der Waals surface area contributed by atoms with Gasteiger partial charge in [-0.1, -0.05) is 23.8 Å². The van der Waals surface area contributed by atoms with Crippen LogP contribution in [0.2, 0.25) is 0 Å². The van der Waals surface area contributed by atoms with E-state index in [-0.39, 0.29) is 0 Å². The molecule has 0 fully saturated rings. The molecular formula is C13H20O. The van der Waals surface area contributed by atoms with Crippen LogP contribution in [0.1, 0.15) is 37.0 Å². The van der Waals surface area contributed by atoms with Gasteiger partial charge >= 0.3 is 0 Å². The second kappa shape index (κ2) is 4.14. The predicted molar refractivity (Wildman–Crippen MR) is 60.5 cm³/mol. The Bertz CT molecular complexity index is 308. The maximum atomic E-state index is 9.62. The predicted octanol–water partition coefficient (Wildman–Crippen LogP) is 3.01. The molecule has 0 aromatic heterocycles. The Kier molecular flexibility index (Phi) is 3.33. The van der Waals surface area contributed by atoms with E-state index in [9.17, 15) is 5.11 Å². The molecule has 1 nitrogen and oxygen atoms in total. The van der Waals surface area contributed by atoms with Crippen molar-refractivity contribution in [3.8, 4) is 0 Å². The molecule has 1 rings (SSSR count). The molecule has 0 saturated heterocycles. The lowest BCUT2D eigenvalue weighted by Gasteiger charge is -2.17. The van der Waals surface area contributed by atoms with E-state index in [0.29, 0.717) is 0 Å². The van der Waals surface area contributed by atoms with Crippen molar-refractivity contribution in [3.63, 3.8) is 0 Å². The average Bonchev–Trinajstić information content (AvgIpc) is 2.00. The summed E-state index contributed by atoms with van der Waals surface area (Å²) in [7, 11) is 0. The minimum Gasteiger partial charge on any atom is -0.390 e. The van der Waals surface area contributed by atoms with Gasteiger partial charge in [-0.2, -0.15) is 0 Å². The molecule has 0 spiro atoms. The van der Waals surface area contributed by atoms with E-state index < -0.39 is 5.60 Å². The first-order valence-corrected chi connectivity index (χ1v) is 5.17. The number of aryl methyl sites for hydroxylation is 3. The summed E-state index contributed by atoms with van der Waals surface area (Å²) in [6.45, 7) is 7.95. The van der Waals surface area contributed by atoms with Crippen molar-refractivity contribution in [3.05, 3.63) is 34.9 Å². The molecule has 78 valence electrons. The second-order valence-corrected chi connectivity index (χ2v) is 4.74. The summed E-state index contributed by atoms with van der Waals surface area (Å²) in [5, 5.41) is 9.62. The molecule has 1 heteroatoms. The zero-order valence-corrected chi connectivity index (χ0v) is 9.59. The van der Waals surface area contributed by atoms with Crippen LogP contribution in [-0.2, 0) is 6.42 Å². The fraction of sp³-hybridized carbons (Fsp3) is 0.538. The fourth-order valence-electron chi connectivity index (χ4n) is 1.57. The van der Waals surface area contributed by atoms with E-state index in [2.05, 4.69) is 32.0 Å². The van der Waals surface area contributed by atoms with E-state index in [4.69, 9.17) is 0 Å². The Morgan fingerprint density at radius 1 is 1.21 bits per heavy atom. The van der Waals surface area contributed by atoms with Crippen LogP contribution in [0.15, 0.2) is 18.2 Å². The SMILES string of the molecule is Cc1ccc(CCC(C)(C)O)c(C)c1. The summed E-state index contributed by atoms with van der Waals surface area (Å²) in [6, 6.07) is 6.49. The Labute approximate surface area is 86.8 Å². The van der Waals surface area contributed by atoms with Crippen molar-refractivity contribution in [2.45, 2.75) is 46.1 Å². The molecule has 0 unspecified atom stereocenters. The highest BCUT2D eigenvalue weighted by Crippen LogP contribution is 2.17. The Balaban J connectivity index is 2.68. The van der Waals surface area contributed by atoms with Gasteiger partial charge < -0.3 is 5.11 Å². The van der Waals surface area contributed by atoms with E-state index in [1.165, 1.54) is 16.7 Å². The quantitative estimate of drug-likeness (QED) is 0.780. The molecule has 0 aliphatic rings. The Morgan fingerprint density at radius 2 is 1.86 bits per heavy atom. The van der Waals surface area contributed by atoms with Gasteiger partial charge in [0.25, 0.3) is 0 Å². The lowest BCUT2D eigenvalue weighted by Crippen LogP contribution is -2.19. The highest BCUT2D eigenvalue weighted by Gasteiger charge is 2.12. The van der Waals surface area contributed by atoms with E-state index >= 15 is 0 Å². The summed E-state index contributed by atoms with van der Waals surface area (Å²) in [5.41, 5.74) is 3.42. The van der Waals surface area contributed by atoms with E-state index in [0.717, 1.165) is 12.8 Å². The number of hydrogen-bond acceptors (Lipinski definition) is 1. The maximum absolute atomic E-state index is 9.62. The summed E-state index contributed by atoms with van der Waals surface area (Å²) in [4.78, 5) is 0. The molecule has 0 aliphatic carbocycles. The van der Waals surface area contributed by atoms with Gasteiger partial charge in [0.05, 0.1) is 5.60 Å². The Hall–Kier alpha value is -0.820. The summed E-state index contributed by atoms with van der Waals surface area (Å²) >= 11 is 0.